The van der Waals surface area contributed by atoms with Gasteiger partial charge >= 0.3 is 0 Å². The van der Waals surface area contributed by atoms with Crippen molar-refractivity contribution < 1.29 is 4.79 Å². The highest BCUT2D eigenvalue weighted by atomic mass is 35.5. The molecule has 0 saturated carbocycles. The van der Waals surface area contributed by atoms with E-state index < -0.39 is 0 Å². The summed E-state index contributed by atoms with van der Waals surface area (Å²) in [6, 6.07) is 0. The molecule has 0 saturated heterocycles. The summed E-state index contributed by atoms with van der Waals surface area (Å²) in [5, 5.41) is 12.1. The minimum absolute atomic E-state index is 0. The van der Waals surface area contributed by atoms with Gasteiger partial charge in [-0.2, -0.15) is 0 Å². The molecule has 1 rings (SSSR count). The first-order valence-corrected chi connectivity index (χ1v) is 5.78. The summed E-state index contributed by atoms with van der Waals surface area (Å²) in [6.07, 6.45) is 1.13. The molecule has 0 aliphatic rings. The summed E-state index contributed by atoms with van der Waals surface area (Å²) in [6.45, 7) is 4.61. The topological polar surface area (TPSA) is 80.9 Å². The number of carbonyl (C=O) groups is 1. The first-order chi connectivity index (χ1) is 7.13. The second kappa shape index (κ2) is 7.54. The fourth-order valence-electron chi connectivity index (χ4n) is 0.963. The monoisotopic (exact) mass is 264 g/mol. The molecule has 0 aromatic carbocycles. The Balaban J connectivity index is 0.00000225. The highest BCUT2D eigenvalue weighted by molar-refractivity contribution is 7.15. The minimum Gasteiger partial charge on any atom is -0.330 e. The fourth-order valence-corrected chi connectivity index (χ4v) is 1.72. The number of aromatic nitrogens is 2. The van der Waals surface area contributed by atoms with Crippen LogP contribution in [0.25, 0.3) is 0 Å². The van der Waals surface area contributed by atoms with Gasteiger partial charge in [0.25, 0.3) is 0 Å². The summed E-state index contributed by atoms with van der Waals surface area (Å²) in [5.41, 5.74) is 5.31. The number of hydrogen-bond donors (Lipinski definition) is 2. The van der Waals surface area contributed by atoms with Gasteiger partial charge in [-0.15, -0.1) is 22.6 Å². The van der Waals surface area contributed by atoms with E-state index in [2.05, 4.69) is 15.5 Å². The Morgan fingerprint density at radius 3 is 2.69 bits per heavy atom. The van der Waals surface area contributed by atoms with Crippen LogP contribution < -0.4 is 11.1 Å². The van der Waals surface area contributed by atoms with Gasteiger partial charge in [0.15, 0.2) is 0 Å². The minimum atomic E-state index is -0.0492. The number of carbonyl (C=O) groups excluding carboxylic acids is 1. The molecular formula is C9H17ClN4OS. The summed E-state index contributed by atoms with van der Waals surface area (Å²) in [4.78, 5) is 11.3. The lowest BCUT2D eigenvalue weighted by Gasteiger charge is -1.98. The summed E-state index contributed by atoms with van der Waals surface area (Å²) in [5.74, 6) is 0.295. The number of nitrogens with two attached hydrogens (primary N) is 1. The highest BCUT2D eigenvalue weighted by Gasteiger charge is 2.09. The van der Waals surface area contributed by atoms with E-state index in [9.17, 15) is 4.79 Å². The maximum Gasteiger partial charge on any atom is 0.226 e. The van der Waals surface area contributed by atoms with E-state index >= 15 is 0 Å². The van der Waals surface area contributed by atoms with Gasteiger partial charge in [0.2, 0.25) is 11.0 Å². The molecule has 1 amide bonds. The van der Waals surface area contributed by atoms with E-state index in [1.807, 2.05) is 13.8 Å². The molecule has 1 heterocycles. The lowest BCUT2D eigenvalue weighted by molar-refractivity contribution is -0.116. The molecule has 0 aliphatic heterocycles. The van der Waals surface area contributed by atoms with Crippen molar-refractivity contribution >= 4 is 34.8 Å². The quantitative estimate of drug-likeness (QED) is 0.849. The number of anilines is 1. The van der Waals surface area contributed by atoms with Crippen LogP contribution in [0.15, 0.2) is 0 Å². The number of hydrogen-bond acceptors (Lipinski definition) is 5. The molecule has 92 valence electrons. The average molecular weight is 265 g/mol. The van der Waals surface area contributed by atoms with E-state index in [-0.39, 0.29) is 18.3 Å². The fraction of sp³-hybridized carbons (Fsp3) is 0.667. The zero-order valence-electron chi connectivity index (χ0n) is 9.40. The zero-order valence-corrected chi connectivity index (χ0v) is 11.0. The highest BCUT2D eigenvalue weighted by Crippen LogP contribution is 2.22. The predicted octanol–water partition coefficient (Wildman–Crippen LogP) is 1.76. The lowest BCUT2D eigenvalue weighted by Crippen LogP contribution is -2.13. The van der Waals surface area contributed by atoms with Crippen molar-refractivity contribution in [2.24, 2.45) is 5.73 Å². The zero-order chi connectivity index (χ0) is 11.3. The van der Waals surface area contributed by atoms with Crippen LogP contribution in [0.1, 0.15) is 37.6 Å². The van der Waals surface area contributed by atoms with Crippen molar-refractivity contribution in [1.82, 2.24) is 10.2 Å². The normalized spacial score (nSPS) is 10.0. The van der Waals surface area contributed by atoms with Crippen molar-refractivity contribution in [3.63, 3.8) is 0 Å². The molecule has 0 spiro atoms. The van der Waals surface area contributed by atoms with E-state index in [4.69, 9.17) is 5.73 Å². The average Bonchev–Trinajstić information content (AvgIpc) is 2.63. The second-order valence-corrected chi connectivity index (χ2v) is 4.55. The van der Waals surface area contributed by atoms with Crippen LogP contribution in [0.3, 0.4) is 0 Å². The van der Waals surface area contributed by atoms with Crippen LogP contribution in [0, 0.1) is 0 Å². The Bertz CT molecular complexity index is 329. The number of rotatable bonds is 5. The van der Waals surface area contributed by atoms with Crippen molar-refractivity contribution in [2.45, 2.75) is 32.6 Å². The predicted molar refractivity (Wildman–Crippen MR) is 68.2 cm³/mol. The van der Waals surface area contributed by atoms with Crippen LogP contribution in [0.4, 0.5) is 5.13 Å². The molecule has 16 heavy (non-hydrogen) atoms. The van der Waals surface area contributed by atoms with Crippen molar-refractivity contribution in [2.75, 3.05) is 11.9 Å². The smallest absolute Gasteiger partial charge is 0.226 e. The first-order valence-electron chi connectivity index (χ1n) is 4.96. The van der Waals surface area contributed by atoms with Crippen molar-refractivity contribution in [3.05, 3.63) is 5.01 Å². The molecule has 1 aromatic rings. The number of amides is 1. The SMILES string of the molecule is CC(C)c1nnc(NC(=O)CCCN)s1.Cl. The Labute approximate surface area is 105 Å². The Morgan fingerprint density at radius 2 is 2.19 bits per heavy atom. The van der Waals surface area contributed by atoms with Gasteiger partial charge in [-0.1, -0.05) is 25.2 Å². The van der Waals surface area contributed by atoms with Gasteiger partial charge < -0.3 is 11.1 Å². The maximum atomic E-state index is 11.3. The molecule has 3 N–H and O–H groups in total. The largest absolute Gasteiger partial charge is 0.330 e. The van der Waals surface area contributed by atoms with E-state index in [1.165, 1.54) is 11.3 Å². The Hall–Kier alpha value is -0.720. The van der Waals surface area contributed by atoms with Crippen LogP contribution in [-0.4, -0.2) is 22.6 Å². The van der Waals surface area contributed by atoms with E-state index in [0.717, 1.165) is 5.01 Å². The molecule has 0 atom stereocenters. The summed E-state index contributed by atoms with van der Waals surface area (Å²) >= 11 is 1.42. The molecular weight excluding hydrogens is 248 g/mol. The van der Waals surface area contributed by atoms with Crippen LogP contribution in [0.2, 0.25) is 0 Å². The maximum absolute atomic E-state index is 11.3. The molecule has 0 bridgehead atoms. The molecule has 0 aliphatic carbocycles. The summed E-state index contributed by atoms with van der Waals surface area (Å²) in [7, 11) is 0. The third kappa shape index (κ3) is 4.87. The van der Waals surface area contributed by atoms with Crippen LogP contribution in [0.5, 0.6) is 0 Å². The molecule has 0 fully saturated rings. The van der Waals surface area contributed by atoms with E-state index in [0.29, 0.717) is 30.4 Å². The van der Waals surface area contributed by atoms with Crippen molar-refractivity contribution in [3.8, 4) is 0 Å². The van der Waals surface area contributed by atoms with Crippen LogP contribution >= 0.6 is 23.7 Å². The molecule has 0 radical (unpaired) electrons. The molecule has 1 aromatic heterocycles. The van der Waals surface area contributed by atoms with Gasteiger partial charge in [-0.3, -0.25) is 4.79 Å². The third-order valence-electron chi connectivity index (χ3n) is 1.79. The van der Waals surface area contributed by atoms with Crippen LogP contribution in [-0.2, 0) is 4.79 Å². The molecule has 0 unspecified atom stereocenters. The number of nitrogens with zero attached hydrogens (tertiary/aromatic N) is 2. The summed E-state index contributed by atoms with van der Waals surface area (Å²) < 4.78 is 0. The molecule has 5 nitrogen and oxygen atoms in total. The second-order valence-electron chi connectivity index (χ2n) is 3.54. The first kappa shape index (κ1) is 15.3. The Kier molecular flexibility index (Phi) is 7.20. The van der Waals surface area contributed by atoms with Gasteiger partial charge in [-0.25, -0.2) is 0 Å². The van der Waals surface area contributed by atoms with Gasteiger partial charge in [-0.05, 0) is 13.0 Å². The van der Waals surface area contributed by atoms with Gasteiger partial charge in [0, 0.05) is 12.3 Å². The third-order valence-corrected chi connectivity index (χ3v) is 2.93. The standard InChI is InChI=1S/C9H16N4OS.ClH/c1-6(2)8-12-13-9(15-8)11-7(14)4-3-5-10;/h6H,3-5,10H2,1-2H3,(H,11,13,14);1H. The number of nitrogens with one attached hydrogen (secondary N) is 1. The lowest BCUT2D eigenvalue weighted by atomic mass is 10.2. The van der Waals surface area contributed by atoms with E-state index in [1.54, 1.807) is 0 Å². The Morgan fingerprint density at radius 1 is 1.50 bits per heavy atom. The van der Waals surface area contributed by atoms with Gasteiger partial charge in [0.05, 0.1) is 0 Å². The number of halogens is 1. The molecule has 7 heteroatoms. The van der Waals surface area contributed by atoms with Gasteiger partial charge in [0.1, 0.15) is 5.01 Å². The van der Waals surface area contributed by atoms with Crippen molar-refractivity contribution in [1.29, 1.82) is 0 Å².